The van der Waals surface area contributed by atoms with E-state index in [1.54, 1.807) is 0 Å². The van der Waals surface area contributed by atoms with Gasteiger partial charge in [0.1, 0.15) is 6.17 Å². The number of methoxy groups -OCH3 is 1. The molecular weight excluding hydrogens is 161 g/mol. The van der Waals surface area contributed by atoms with Crippen LogP contribution in [-0.2, 0) is 9.53 Å². The van der Waals surface area contributed by atoms with Crippen LogP contribution in [0.1, 0.15) is 19.3 Å². The molecule has 0 heterocycles. The van der Waals surface area contributed by atoms with Crippen LogP contribution >= 0.6 is 0 Å². The standard InChI is InChI=1S/C8H14FNO2/c1-12-7(11)8(5-10)3-2-6(9)4-8/h6H,2-5,10H2,1H3. The van der Waals surface area contributed by atoms with Crippen molar-refractivity contribution in [3.63, 3.8) is 0 Å². The van der Waals surface area contributed by atoms with Crippen molar-refractivity contribution in [2.45, 2.75) is 25.4 Å². The number of hydrogen-bond donors (Lipinski definition) is 1. The van der Waals surface area contributed by atoms with E-state index in [2.05, 4.69) is 4.74 Å². The lowest BCUT2D eigenvalue weighted by Crippen LogP contribution is -2.37. The average molecular weight is 175 g/mol. The van der Waals surface area contributed by atoms with Crippen LogP contribution in [0, 0.1) is 5.41 Å². The Morgan fingerprint density at radius 1 is 1.83 bits per heavy atom. The Hall–Kier alpha value is -0.640. The lowest BCUT2D eigenvalue weighted by Gasteiger charge is -2.22. The predicted molar refractivity (Wildman–Crippen MR) is 42.3 cm³/mol. The number of carbonyl (C=O) groups is 1. The third kappa shape index (κ3) is 1.43. The molecule has 0 aromatic heterocycles. The van der Waals surface area contributed by atoms with E-state index in [1.807, 2.05) is 0 Å². The van der Waals surface area contributed by atoms with E-state index < -0.39 is 11.6 Å². The van der Waals surface area contributed by atoms with Crippen molar-refractivity contribution in [3.8, 4) is 0 Å². The summed E-state index contributed by atoms with van der Waals surface area (Å²) in [7, 11) is 1.31. The summed E-state index contributed by atoms with van der Waals surface area (Å²) in [6.07, 6.45) is 0.257. The first-order valence-electron chi connectivity index (χ1n) is 4.07. The van der Waals surface area contributed by atoms with E-state index >= 15 is 0 Å². The van der Waals surface area contributed by atoms with Crippen LogP contribution in [0.2, 0.25) is 0 Å². The maximum absolute atomic E-state index is 12.8. The topological polar surface area (TPSA) is 52.3 Å². The van der Waals surface area contributed by atoms with E-state index in [1.165, 1.54) is 7.11 Å². The Morgan fingerprint density at radius 2 is 2.50 bits per heavy atom. The average Bonchev–Trinajstić information content (AvgIpc) is 2.47. The molecule has 12 heavy (non-hydrogen) atoms. The quantitative estimate of drug-likeness (QED) is 0.626. The Bertz CT molecular complexity index is 186. The van der Waals surface area contributed by atoms with Gasteiger partial charge in [-0.2, -0.15) is 0 Å². The largest absolute Gasteiger partial charge is 0.469 e. The second-order valence-electron chi connectivity index (χ2n) is 3.32. The first-order chi connectivity index (χ1) is 5.64. The van der Waals surface area contributed by atoms with Crippen LogP contribution in [0.25, 0.3) is 0 Å². The summed E-state index contributed by atoms with van der Waals surface area (Å²) >= 11 is 0. The lowest BCUT2D eigenvalue weighted by atomic mass is 9.86. The number of esters is 1. The number of halogens is 1. The molecule has 0 radical (unpaired) electrons. The molecule has 3 nitrogen and oxygen atoms in total. The van der Waals surface area contributed by atoms with Gasteiger partial charge < -0.3 is 10.5 Å². The molecule has 0 amide bonds. The van der Waals surface area contributed by atoms with Crippen LogP contribution < -0.4 is 5.73 Å². The number of ether oxygens (including phenoxy) is 1. The fourth-order valence-electron chi connectivity index (χ4n) is 1.73. The minimum Gasteiger partial charge on any atom is -0.469 e. The molecular formula is C8H14FNO2. The van der Waals surface area contributed by atoms with Gasteiger partial charge in [0, 0.05) is 6.54 Å². The summed E-state index contributed by atoms with van der Waals surface area (Å²) in [5.74, 6) is -0.370. The summed E-state index contributed by atoms with van der Waals surface area (Å²) in [4.78, 5) is 11.2. The summed E-state index contributed by atoms with van der Waals surface area (Å²) in [5.41, 5.74) is 4.70. The van der Waals surface area contributed by atoms with Crippen molar-refractivity contribution in [1.29, 1.82) is 0 Å². The van der Waals surface area contributed by atoms with Crippen molar-refractivity contribution >= 4 is 5.97 Å². The fraction of sp³-hybridized carbons (Fsp3) is 0.875. The molecule has 2 N–H and O–H groups in total. The number of nitrogens with two attached hydrogens (primary N) is 1. The van der Waals surface area contributed by atoms with Crippen molar-refractivity contribution in [1.82, 2.24) is 0 Å². The third-order valence-corrected chi connectivity index (χ3v) is 2.56. The highest BCUT2D eigenvalue weighted by Crippen LogP contribution is 2.39. The SMILES string of the molecule is COC(=O)C1(CN)CCC(F)C1. The van der Waals surface area contributed by atoms with Gasteiger partial charge in [-0.05, 0) is 19.3 Å². The van der Waals surface area contributed by atoms with E-state index in [4.69, 9.17) is 5.73 Å². The lowest BCUT2D eigenvalue weighted by molar-refractivity contribution is -0.152. The normalized spacial score (nSPS) is 35.1. The van der Waals surface area contributed by atoms with Crippen molar-refractivity contribution in [3.05, 3.63) is 0 Å². The number of hydrogen-bond acceptors (Lipinski definition) is 3. The van der Waals surface area contributed by atoms with Gasteiger partial charge in [-0.1, -0.05) is 0 Å². The van der Waals surface area contributed by atoms with Gasteiger partial charge in [0.05, 0.1) is 12.5 Å². The van der Waals surface area contributed by atoms with Gasteiger partial charge in [0.25, 0.3) is 0 Å². The zero-order valence-corrected chi connectivity index (χ0v) is 7.18. The number of alkyl halides is 1. The first kappa shape index (κ1) is 9.45. The van der Waals surface area contributed by atoms with Gasteiger partial charge in [0.2, 0.25) is 0 Å². The van der Waals surface area contributed by atoms with E-state index in [9.17, 15) is 9.18 Å². The molecule has 0 aliphatic heterocycles. The third-order valence-electron chi connectivity index (χ3n) is 2.56. The second-order valence-corrected chi connectivity index (χ2v) is 3.32. The molecule has 1 fully saturated rings. The highest BCUT2D eigenvalue weighted by atomic mass is 19.1. The number of rotatable bonds is 2. The van der Waals surface area contributed by atoms with Gasteiger partial charge in [-0.3, -0.25) is 4.79 Å². The summed E-state index contributed by atoms with van der Waals surface area (Å²) in [6.45, 7) is 0.181. The van der Waals surface area contributed by atoms with Gasteiger partial charge in [0.15, 0.2) is 0 Å². The summed E-state index contributed by atoms with van der Waals surface area (Å²) in [5, 5.41) is 0. The van der Waals surface area contributed by atoms with Crippen LogP contribution in [0.5, 0.6) is 0 Å². The molecule has 1 aliphatic rings. The monoisotopic (exact) mass is 175 g/mol. The van der Waals surface area contributed by atoms with Crippen LogP contribution in [0.3, 0.4) is 0 Å². The predicted octanol–water partition coefficient (Wildman–Crippen LogP) is 0.626. The molecule has 0 spiro atoms. The molecule has 0 aromatic rings. The molecule has 2 atom stereocenters. The molecule has 4 heteroatoms. The molecule has 1 rings (SSSR count). The van der Waals surface area contributed by atoms with E-state index in [-0.39, 0.29) is 18.9 Å². The molecule has 1 aliphatic carbocycles. The minimum absolute atomic E-state index is 0.181. The molecule has 0 bridgehead atoms. The van der Waals surface area contributed by atoms with Crippen LogP contribution in [0.15, 0.2) is 0 Å². The zero-order valence-electron chi connectivity index (χ0n) is 7.18. The molecule has 0 aromatic carbocycles. The molecule has 1 saturated carbocycles. The fourth-order valence-corrected chi connectivity index (χ4v) is 1.73. The Morgan fingerprint density at radius 3 is 2.83 bits per heavy atom. The Balaban J connectivity index is 2.70. The minimum atomic E-state index is -0.896. The maximum atomic E-state index is 12.8. The molecule has 70 valence electrons. The molecule has 0 saturated heterocycles. The number of carbonyl (C=O) groups excluding carboxylic acids is 1. The van der Waals surface area contributed by atoms with Gasteiger partial charge >= 0.3 is 5.97 Å². The Kier molecular flexibility index (Phi) is 2.67. The highest BCUT2D eigenvalue weighted by molar-refractivity contribution is 5.77. The van der Waals surface area contributed by atoms with E-state index in [0.717, 1.165) is 0 Å². The zero-order chi connectivity index (χ0) is 9.19. The molecule has 2 unspecified atom stereocenters. The van der Waals surface area contributed by atoms with Crippen LogP contribution in [-0.4, -0.2) is 25.8 Å². The second kappa shape index (κ2) is 3.39. The van der Waals surface area contributed by atoms with Gasteiger partial charge in [-0.15, -0.1) is 0 Å². The van der Waals surface area contributed by atoms with Gasteiger partial charge in [-0.25, -0.2) is 4.39 Å². The summed E-state index contributed by atoms with van der Waals surface area (Å²) in [6, 6.07) is 0. The van der Waals surface area contributed by atoms with Crippen molar-refractivity contribution < 1.29 is 13.9 Å². The highest BCUT2D eigenvalue weighted by Gasteiger charge is 2.45. The van der Waals surface area contributed by atoms with Crippen molar-refractivity contribution in [2.24, 2.45) is 11.1 Å². The maximum Gasteiger partial charge on any atom is 0.313 e. The van der Waals surface area contributed by atoms with E-state index in [0.29, 0.717) is 12.8 Å². The smallest absolute Gasteiger partial charge is 0.313 e. The Labute approximate surface area is 71.1 Å². The van der Waals surface area contributed by atoms with Crippen molar-refractivity contribution in [2.75, 3.05) is 13.7 Å². The summed E-state index contributed by atoms with van der Waals surface area (Å²) < 4.78 is 17.4. The van der Waals surface area contributed by atoms with Crippen LogP contribution in [0.4, 0.5) is 4.39 Å². The first-order valence-corrected chi connectivity index (χ1v) is 4.07.